The summed E-state index contributed by atoms with van der Waals surface area (Å²) in [5.74, 6) is -0.153. The maximum atomic E-state index is 13.5. The van der Waals surface area contributed by atoms with Crippen LogP contribution in [-0.4, -0.2) is 36.0 Å². The molecule has 0 amide bonds. The predicted octanol–water partition coefficient (Wildman–Crippen LogP) is 7.73. The summed E-state index contributed by atoms with van der Waals surface area (Å²) in [5.41, 5.74) is 3.58. The smallest absolute Gasteiger partial charge is 0.298 e. The highest BCUT2D eigenvalue weighted by atomic mass is 32.2. The Morgan fingerprint density at radius 3 is 2.24 bits per heavy atom. The molecule has 0 radical (unpaired) electrons. The molecule has 0 saturated heterocycles. The maximum Gasteiger partial charge on any atom is 0.298 e. The van der Waals surface area contributed by atoms with Gasteiger partial charge in [0, 0.05) is 39.5 Å². The Kier molecular flexibility index (Phi) is 8.68. The molecule has 1 unspecified atom stereocenters. The summed E-state index contributed by atoms with van der Waals surface area (Å²) >= 11 is 0. The molecule has 5 N–H and O–H groups in total. The van der Waals surface area contributed by atoms with E-state index in [9.17, 15) is 35.8 Å². The van der Waals surface area contributed by atoms with Gasteiger partial charge in [0.05, 0.1) is 10.4 Å². The average Bonchev–Trinajstić information content (AvgIpc) is 3.00. The number of allylic oxidation sites excluding steroid dienone is 3. The van der Waals surface area contributed by atoms with Crippen molar-refractivity contribution in [3.8, 4) is 11.5 Å². The molecule has 0 saturated carbocycles. The van der Waals surface area contributed by atoms with Crippen LogP contribution < -0.4 is 15.6 Å². The molecule has 1 aromatic heterocycles. The quantitative estimate of drug-likeness (QED) is 0.113. The van der Waals surface area contributed by atoms with Crippen LogP contribution in [0.2, 0.25) is 0 Å². The fourth-order valence-corrected chi connectivity index (χ4v) is 8.50. The van der Waals surface area contributed by atoms with Crippen LogP contribution in [0, 0.1) is 12.3 Å². The number of anilines is 2. The van der Waals surface area contributed by atoms with E-state index in [0.717, 1.165) is 17.6 Å². The van der Waals surface area contributed by atoms with Gasteiger partial charge in [-0.1, -0.05) is 52.8 Å². The zero-order valence-electron chi connectivity index (χ0n) is 28.6. The number of benzene rings is 3. The topological polar surface area (TPSA) is 183 Å². The third-order valence-corrected chi connectivity index (χ3v) is 11.0. The van der Waals surface area contributed by atoms with Gasteiger partial charge in [-0.15, -0.1) is 0 Å². The molecule has 2 aliphatic rings. The van der Waals surface area contributed by atoms with Gasteiger partial charge < -0.3 is 20.1 Å². The Hall–Kier alpha value is -4.27. The summed E-state index contributed by atoms with van der Waals surface area (Å²) in [6.07, 6.45) is 4.72. The number of aliphatic hydroxyl groups is 1. The third-order valence-electron chi connectivity index (χ3n) is 9.25. The van der Waals surface area contributed by atoms with Gasteiger partial charge in [0.1, 0.15) is 16.7 Å². The second-order valence-electron chi connectivity index (χ2n) is 14.8. The normalized spacial score (nSPS) is 16.5. The second-order valence-corrected chi connectivity index (χ2v) is 17.6. The van der Waals surface area contributed by atoms with E-state index in [1.807, 2.05) is 26.0 Å². The highest BCUT2D eigenvalue weighted by molar-refractivity contribution is 7.86. The number of nitrogens with one attached hydrogen (secondary N) is 2. The lowest BCUT2D eigenvalue weighted by atomic mass is 9.72. The van der Waals surface area contributed by atoms with Crippen LogP contribution in [0.15, 0.2) is 80.8 Å². The standard InChI is InChI=1S/C37H40N2O9S2/c1-20-30-24-9-7-8-10-25(24)34(40)31-26(38-22-12-14-23(15-13-22)49(42,43)44)18-28(33(32(30)31)39-35(20)41)48-27-16-11-21(17-29(27)50(45,46)47)37(5,6)19-36(2,3)4/h7,9,11-18,34,38,40H,8,10,19H2,1-6H3,(H,39,41)(H,42,43,44)(H,45,46,47). The van der Waals surface area contributed by atoms with E-state index in [-0.39, 0.29) is 27.3 Å². The molecule has 3 aromatic carbocycles. The summed E-state index contributed by atoms with van der Waals surface area (Å²) in [5, 5.41) is 15.6. The van der Waals surface area contributed by atoms with Crippen LogP contribution in [0.5, 0.6) is 11.5 Å². The minimum Gasteiger partial charge on any atom is -0.454 e. The molecule has 1 heterocycles. The average molecular weight is 721 g/mol. The minimum atomic E-state index is -4.80. The minimum absolute atomic E-state index is 0.0294. The Labute approximate surface area is 291 Å². The number of H-pyrrole nitrogens is 1. The maximum absolute atomic E-state index is 13.5. The van der Waals surface area contributed by atoms with E-state index in [1.54, 1.807) is 13.0 Å². The summed E-state index contributed by atoms with van der Waals surface area (Å²) < 4.78 is 75.2. The van der Waals surface area contributed by atoms with Gasteiger partial charge in [0.15, 0.2) is 5.75 Å². The number of pyridine rings is 1. The molecule has 4 aromatic rings. The van der Waals surface area contributed by atoms with Crippen LogP contribution in [0.25, 0.3) is 16.5 Å². The zero-order chi connectivity index (χ0) is 36.6. The van der Waals surface area contributed by atoms with Gasteiger partial charge in [0.25, 0.3) is 25.8 Å². The van der Waals surface area contributed by atoms with Gasteiger partial charge in [-0.2, -0.15) is 16.8 Å². The summed E-state index contributed by atoms with van der Waals surface area (Å²) in [4.78, 5) is 15.6. The van der Waals surface area contributed by atoms with E-state index in [2.05, 4.69) is 31.1 Å². The highest BCUT2D eigenvalue weighted by Gasteiger charge is 2.35. The molecule has 13 heteroatoms. The molecular formula is C37H40N2O9S2. The second kappa shape index (κ2) is 12.2. The molecule has 0 spiro atoms. The number of ether oxygens (including phenoxy) is 1. The molecule has 50 heavy (non-hydrogen) atoms. The van der Waals surface area contributed by atoms with Crippen molar-refractivity contribution in [1.82, 2.24) is 4.98 Å². The third kappa shape index (κ3) is 6.63. The van der Waals surface area contributed by atoms with E-state index >= 15 is 0 Å². The van der Waals surface area contributed by atoms with Crippen LogP contribution in [0.3, 0.4) is 0 Å². The van der Waals surface area contributed by atoms with Crippen molar-refractivity contribution in [2.45, 2.75) is 82.1 Å². The van der Waals surface area contributed by atoms with Gasteiger partial charge in [-0.3, -0.25) is 13.9 Å². The van der Waals surface area contributed by atoms with Gasteiger partial charge in [0.2, 0.25) is 0 Å². The SMILES string of the molecule is Cc1c2c3c(c(Nc4ccc(S(=O)(=O)O)cc4)cc(Oc4ccc(C(C)(C)CC(C)(C)C)cc4S(=O)(=O)O)c3[nH]c1=O)C(O)C1=C2C=CCC1. The number of rotatable bonds is 8. The molecule has 0 bridgehead atoms. The summed E-state index contributed by atoms with van der Waals surface area (Å²) in [6, 6.07) is 11.5. The van der Waals surface area contributed by atoms with Gasteiger partial charge in [-0.05, 0) is 90.1 Å². The van der Waals surface area contributed by atoms with E-state index in [0.29, 0.717) is 51.9 Å². The molecule has 1 atom stereocenters. The van der Waals surface area contributed by atoms with Crippen LogP contribution in [0.1, 0.15) is 82.2 Å². The van der Waals surface area contributed by atoms with Crippen molar-refractivity contribution in [3.05, 3.63) is 98.9 Å². The monoisotopic (exact) mass is 720 g/mol. The molecule has 11 nitrogen and oxygen atoms in total. The van der Waals surface area contributed by atoms with Crippen LogP contribution in [-0.2, 0) is 25.7 Å². The summed E-state index contributed by atoms with van der Waals surface area (Å²) in [7, 11) is -9.24. The molecule has 6 rings (SSSR count). The lowest BCUT2D eigenvalue weighted by Gasteiger charge is -2.33. The molecule has 264 valence electrons. The van der Waals surface area contributed by atoms with Crippen molar-refractivity contribution in [2.75, 3.05) is 5.32 Å². The number of aromatic nitrogens is 1. The molecular weight excluding hydrogens is 681 g/mol. The number of fused-ring (bicyclic) bond motifs is 1. The van der Waals surface area contributed by atoms with Gasteiger partial charge in [-0.25, -0.2) is 0 Å². The number of aliphatic hydroxyl groups excluding tert-OH is 1. The number of hydrogen-bond acceptors (Lipinski definition) is 8. The van der Waals surface area contributed by atoms with Crippen LogP contribution >= 0.6 is 0 Å². The first-order valence-corrected chi connectivity index (χ1v) is 19.0. The Bertz CT molecular complexity index is 2400. The largest absolute Gasteiger partial charge is 0.454 e. The van der Waals surface area contributed by atoms with Crippen molar-refractivity contribution < 1.29 is 35.8 Å². The molecule has 0 aliphatic heterocycles. The predicted molar refractivity (Wildman–Crippen MR) is 193 cm³/mol. The number of hydrogen-bond donors (Lipinski definition) is 5. The first kappa shape index (κ1) is 35.6. The lowest BCUT2D eigenvalue weighted by molar-refractivity contribution is 0.213. The number of aromatic amines is 1. The first-order chi connectivity index (χ1) is 23.2. The Balaban J connectivity index is 1.59. The lowest BCUT2D eigenvalue weighted by Crippen LogP contribution is -2.25. The fraction of sp³-hybridized carbons (Fsp3) is 0.324. The van der Waals surface area contributed by atoms with Crippen molar-refractivity contribution >= 4 is 48.1 Å². The van der Waals surface area contributed by atoms with E-state index in [4.69, 9.17) is 4.74 Å². The van der Waals surface area contributed by atoms with Crippen molar-refractivity contribution in [2.24, 2.45) is 5.41 Å². The van der Waals surface area contributed by atoms with E-state index < -0.39 is 42.2 Å². The van der Waals surface area contributed by atoms with Crippen molar-refractivity contribution in [3.63, 3.8) is 0 Å². The molecule has 0 fully saturated rings. The zero-order valence-corrected chi connectivity index (χ0v) is 30.2. The van der Waals surface area contributed by atoms with Gasteiger partial charge >= 0.3 is 0 Å². The molecule has 2 aliphatic carbocycles. The van der Waals surface area contributed by atoms with Crippen LogP contribution in [0.4, 0.5) is 11.4 Å². The highest BCUT2D eigenvalue weighted by Crippen LogP contribution is 2.51. The summed E-state index contributed by atoms with van der Waals surface area (Å²) in [6.45, 7) is 11.9. The fourth-order valence-electron chi connectivity index (χ4n) is 7.38. The van der Waals surface area contributed by atoms with Crippen molar-refractivity contribution in [1.29, 1.82) is 0 Å². The Morgan fingerprint density at radius 1 is 0.940 bits per heavy atom. The van der Waals surface area contributed by atoms with E-state index in [1.165, 1.54) is 42.5 Å². The first-order valence-electron chi connectivity index (χ1n) is 16.1. The Morgan fingerprint density at radius 2 is 1.62 bits per heavy atom.